The maximum absolute atomic E-state index is 4.79. The Morgan fingerprint density at radius 2 is 2.11 bits per heavy atom. The van der Waals surface area contributed by atoms with E-state index in [1.807, 2.05) is 29.9 Å². The lowest BCUT2D eigenvalue weighted by Crippen LogP contribution is -2.45. The molecule has 1 fully saturated rings. The van der Waals surface area contributed by atoms with E-state index in [1.54, 1.807) is 0 Å². The molecule has 0 aromatic carbocycles. The molecule has 1 aliphatic rings. The smallest absolute Gasteiger partial charge is 0.191 e. The van der Waals surface area contributed by atoms with E-state index in [9.17, 15) is 0 Å². The van der Waals surface area contributed by atoms with E-state index < -0.39 is 0 Å². The number of rotatable bonds is 6. The molecule has 0 bridgehead atoms. The Labute approximate surface area is 183 Å². The van der Waals surface area contributed by atoms with Crippen LogP contribution in [0.5, 0.6) is 0 Å². The first-order valence-corrected chi connectivity index (χ1v) is 10.4. The minimum Gasteiger partial charge on any atom is -0.356 e. The lowest BCUT2D eigenvalue weighted by atomic mass is 9.96. The highest BCUT2D eigenvalue weighted by Gasteiger charge is 2.16. The average molecular weight is 502 g/mol. The fourth-order valence-corrected chi connectivity index (χ4v) is 4.04. The third-order valence-electron chi connectivity index (χ3n) is 5.11. The van der Waals surface area contributed by atoms with Crippen molar-refractivity contribution < 1.29 is 0 Å². The number of halogens is 1. The topological polar surface area (TPSA) is 67.1 Å². The molecule has 1 aliphatic carbocycles. The van der Waals surface area contributed by atoms with Gasteiger partial charge in [-0.25, -0.2) is 4.99 Å². The Morgan fingerprint density at radius 3 is 2.74 bits per heavy atom. The summed E-state index contributed by atoms with van der Waals surface area (Å²) < 4.78 is 2.00. The van der Waals surface area contributed by atoms with Crippen LogP contribution in [-0.4, -0.2) is 33.3 Å². The van der Waals surface area contributed by atoms with Gasteiger partial charge in [0.05, 0.1) is 0 Å². The number of hydrogen-bond donors (Lipinski definition) is 2. The lowest BCUT2D eigenvalue weighted by Gasteiger charge is -2.25. The summed E-state index contributed by atoms with van der Waals surface area (Å²) in [5.41, 5.74) is 0. The van der Waals surface area contributed by atoms with Crippen LogP contribution in [0.2, 0.25) is 0 Å². The van der Waals surface area contributed by atoms with Crippen LogP contribution in [0, 0.1) is 6.92 Å². The molecule has 27 heavy (non-hydrogen) atoms. The van der Waals surface area contributed by atoms with Crippen molar-refractivity contribution in [1.29, 1.82) is 0 Å². The fourth-order valence-electron chi connectivity index (χ4n) is 3.25. The Balaban J connectivity index is 0.00000261. The van der Waals surface area contributed by atoms with Crippen molar-refractivity contribution >= 4 is 41.3 Å². The summed E-state index contributed by atoms with van der Waals surface area (Å²) in [6.45, 7) is 5.62. The van der Waals surface area contributed by atoms with Crippen molar-refractivity contribution in [2.45, 2.75) is 64.5 Å². The molecule has 2 heterocycles. The molecule has 1 atom stereocenters. The molecule has 1 unspecified atom stereocenters. The summed E-state index contributed by atoms with van der Waals surface area (Å²) in [7, 11) is 1.99. The maximum atomic E-state index is 4.79. The molecule has 0 radical (unpaired) electrons. The summed E-state index contributed by atoms with van der Waals surface area (Å²) in [6, 6.07) is 4.83. The molecular weight excluding hydrogens is 471 g/mol. The van der Waals surface area contributed by atoms with E-state index in [-0.39, 0.29) is 24.0 Å². The van der Waals surface area contributed by atoms with Crippen molar-refractivity contribution in [3.63, 3.8) is 0 Å². The average Bonchev–Trinajstić information content (AvgIpc) is 3.30. The summed E-state index contributed by atoms with van der Waals surface area (Å²) in [4.78, 5) is 6.19. The molecule has 150 valence electrons. The predicted molar refractivity (Wildman–Crippen MR) is 123 cm³/mol. The molecule has 0 spiro atoms. The molecule has 0 saturated heterocycles. The first-order valence-electron chi connectivity index (χ1n) is 9.56. The maximum Gasteiger partial charge on any atom is 0.191 e. The van der Waals surface area contributed by atoms with Crippen LogP contribution in [-0.2, 0) is 13.6 Å². The van der Waals surface area contributed by atoms with Gasteiger partial charge in [0.1, 0.15) is 12.4 Å². The van der Waals surface area contributed by atoms with Gasteiger partial charge in [0.25, 0.3) is 0 Å². The highest BCUT2D eigenvalue weighted by atomic mass is 127. The Bertz CT molecular complexity index is 706. The van der Waals surface area contributed by atoms with Gasteiger partial charge in [-0.1, -0.05) is 32.3 Å². The second-order valence-electron chi connectivity index (χ2n) is 7.16. The first kappa shape index (κ1) is 22.1. The fraction of sp³-hybridized carbons (Fsp3) is 0.632. The minimum absolute atomic E-state index is 0. The monoisotopic (exact) mass is 502 g/mol. The van der Waals surface area contributed by atoms with Crippen LogP contribution in [0.25, 0.3) is 0 Å². The van der Waals surface area contributed by atoms with E-state index in [4.69, 9.17) is 4.99 Å². The van der Waals surface area contributed by atoms with Gasteiger partial charge in [0.2, 0.25) is 0 Å². The van der Waals surface area contributed by atoms with Gasteiger partial charge < -0.3 is 15.2 Å². The number of hydrogen-bond acceptors (Lipinski definition) is 4. The molecule has 1 saturated carbocycles. The van der Waals surface area contributed by atoms with Gasteiger partial charge in [-0.05, 0) is 31.2 Å². The minimum atomic E-state index is 0. The zero-order chi connectivity index (χ0) is 18.4. The number of nitrogens with one attached hydrogen (secondary N) is 2. The van der Waals surface area contributed by atoms with Crippen molar-refractivity contribution in [3.8, 4) is 0 Å². The third-order valence-corrected chi connectivity index (χ3v) is 6.22. The number of aryl methyl sites for hydroxylation is 1. The van der Waals surface area contributed by atoms with Gasteiger partial charge >= 0.3 is 0 Å². The van der Waals surface area contributed by atoms with Crippen molar-refractivity contribution in [3.05, 3.63) is 34.0 Å². The molecule has 0 aliphatic heterocycles. The molecule has 2 N–H and O–H groups in total. The predicted octanol–water partition coefficient (Wildman–Crippen LogP) is 3.97. The van der Waals surface area contributed by atoms with Crippen LogP contribution < -0.4 is 10.6 Å². The van der Waals surface area contributed by atoms with E-state index in [0.717, 1.165) is 24.2 Å². The van der Waals surface area contributed by atoms with Crippen LogP contribution >= 0.6 is 35.3 Å². The van der Waals surface area contributed by atoms with Crippen molar-refractivity contribution in [2.24, 2.45) is 12.0 Å². The molecule has 8 heteroatoms. The summed E-state index contributed by atoms with van der Waals surface area (Å²) in [6.07, 6.45) is 6.41. The number of aromatic nitrogens is 3. The van der Waals surface area contributed by atoms with Gasteiger partial charge in [-0.15, -0.1) is 45.5 Å². The van der Waals surface area contributed by atoms with Crippen molar-refractivity contribution in [2.75, 3.05) is 6.54 Å². The number of guanidine groups is 1. The zero-order valence-electron chi connectivity index (χ0n) is 16.4. The Kier molecular flexibility index (Phi) is 9.01. The highest BCUT2D eigenvalue weighted by Crippen LogP contribution is 2.20. The van der Waals surface area contributed by atoms with Crippen molar-refractivity contribution in [1.82, 2.24) is 25.4 Å². The SMILES string of the molecule is Cc1nnc(CN=C(NCC(C)c2cccs2)NC2CCCCC2)n1C.I. The molecule has 2 aromatic rings. The number of aliphatic imine (C=N–C) groups is 1. The third kappa shape index (κ3) is 6.44. The quantitative estimate of drug-likeness (QED) is 0.357. The van der Waals surface area contributed by atoms with E-state index in [1.165, 1.54) is 37.0 Å². The first-order chi connectivity index (χ1) is 12.6. The zero-order valence-corrected chi connectivity index (χ0v) is 19.6. The second-order valence-corrected chi connectivity index (χ2v) is 8.14. The van der Waals surface area contributed by atoms with E-state index in [2.05, 4.69) is 45.3 Å². The van der Waals surface area contributed by atoms with Gasteiger partial charge in [-0.3, -0.25) is 0 Å². The number of nitrogens with zero attached hydrogens (tertiary/aromatic N) is 4. The van der Waals surface area contributed by atoms with Crippen LogP contribution in [0.4, 0.5) is 0 Å². The highest BCUT2D eigenvalue weighted by molar-refractivity contribution is 14.0. The molecule has 2 aromatic heterocycles. The van der Waals surface area contributed by atoms with Crippen LogP contribution in [0.1, 0.15) is 61.5 Å². The van der Waals surface area contributed by atoms with Crippen LogP contribution in [0.15, 0.2) is 22.5 Å². The van der Waals surface area contributed by atoms with Gasteiger partial charge in [0.15, 0.2) is 11.8 Å². The summed E-state index contributed by atoms with van der Waals surface area (Å²) in [5.74, 6) is 3.15. The second kappa shape index (κ2) is 11.0. The van der Waals surface area contributed by atoms with Gasteiger partial charge in [-0.2, -0.15) is 0 Å². The molecule has 0 amide bonds. The normalized spacial score (nSPS) is 16.6. The summed E-state index contributed by atoms with van der Waals surface area (Å²) >= 11 is 1.81. The standard InChI is InChI=1S/C19H30N6S.HI/c1-14(17-10-7-11-26-17)12-20-19(22-16-8-5-4-6-9-16)21-13-18-24-23-15(2)25(18)3;/h7,10-11,14,16H,4-6,8-9,12-13H2,1-3H3,(H2,20,21,22);1H. The van der Waals surface area contributed by atoms with E-state index in [0.29, 0.717) is 18.5 Å². The Morgan fingerprint density at radius 1 is 1.33 bits per heavy atom. The largest absolute Gasteiger partial charge is 0.356 e. The van der Waals surface area contributed by atoms with Gasteiger partial charge in [0, 0.05) is 30.4 Å². The lowest BCUT2D eigenvalue weighted by molar-refractivity contribution is 0.409. The summed E-state index contributed by atoms with van der Waals surface area (Å²) in [5, 5.41) is 17.7. The van der Waals surface area contributed by atoms with Crippen LogP contribution in [0.3, 0.4) is 0 Å². The number of thiophene rings is 1. The molecule has 3 rings (SSSR count). The van der Waals surface area contributed by atoms with E-state index >= 15 is 0 Å². The molecular formula is C19H31IN6S. The molecule has 6 nitrogen and oxygen atoms in total. The Hall–Kier alpha value is -1.16.